The van der Waals surface area contributed by atoms with Crippen LogP contribution in [0.3, 0.4) is 0 Å². The number of hydrogen-bond donors (Lipinski definition) is 2. The van der Waals surface area contributed by atoms with E-state index < -0.39 is 0 Å². The Hall–Kier alpha value is -2.17. The predicted octanol–water partition coefficient (Wildman–Crippen LogP) is 2.18. The summed E-state index contributed by atoms with van der Waals surface area (Å²) in [4.78, 5) is 14.5. The first-order chi connectivity index (χ1) is 10.6. The van der Waals surface area contributed by atoms with Crippen molar-refractivity contribution >= 4 is 5.91 Å². The summed E-state index contributed by atoms with van der Waals surface area (Å²) in [5.74, 6) is -0.0701. The molecule has 0 aromatic heterocycles. The third-order valence-corrected chi connectivity index (χ3v) is 3.51. The first kappa shape index (κ1) is 16.2. The largest absolute Gasteiger partial charge is 0.344 e. The first-order valence-corrected chi connectivity index (χ1v) is 7.39. The molecule has 116 valence electrons. The molecular formula is C18H23N3O. The Kier molecular flexibility index (Phi) is 5.69. The molecule has 22 heavy (non-hydrogen) atoms. The van der Waals surface area contributed by atoms with Gasteiger partial charge in [0.2, 0.25) is 0 Å². The molecule has 0 saturated heterocycles. The Morgan fingerprint density at radius 2 is 1.73 bits per heavy atom. The van der Waals surface area contributed by atoms with Gasteiger partial charge in [0.15, 0.2) is 0 Å². The van der Waals surface area contributed by atoms with Crippen LogP contribution in [0.25, 0.3) is 0 Å². The molecule has 2 rings (SSSR count). The number of nitrogens with two attached hydrogens (primary N) is 1. The molecule has 3 N–H and O–H groups in total. The molecule has 0 aliphatic carbocycles. The highest BCUT2D eigenvalue weighted by atomic mass is 16.1. The van der Waals surface area contributed by atoms with Crippen LogP contribution in [0.5, 0.6) is 0 Å². The van der Waals surface area contributed by atoms with Crippen LogP contribution in [-0.2, 0) is 6.54 Å². The highest BCUT2D eigenvalue weighted by Gasteiger charge is 2.16. The van der Waals surface area contributed by atoms with Crippen LogP contribution in [0.15, 0.2) is 54.6 Å². The Bertz CT molecular complexity index is 593. The average Bonchev–Trinajstić information content (AvgIpc) is 2.54. The number of benzene rings is 2. The van der Waals surface area contributed by atoms with Crippen molar-refractivity contribution in [3.05, 3.63) is 71.3 Å². The number of hydrogen-bond acceptors (Lipinski definition) is 3. The molecule has 0 aliphatic rings. The van der Waals surface area contributed by atoms with Gasteiger partial charge in [-0.3, -0.25) is 4.79 Å². The number of nitrogens with one attached hydrogen (secondary N) is 1. The number of amides is 1. The van der Waals surface area contributed by atoms with Crippen LogP contribution in [0.2, 0.25) is 0 Å². The zero-order valence-corrected chi connectivity index (χ0v) is 13.1. The van der Waals surface area contributed by atoms with E-state index in [2.05, 4.69) is 10.2 Å². The summed E-state index contributed by atoms with van der Waals surface area (Å²) in [5, 5.41) is 3.11. The van der Waals surface area contributed by atoms with Crippen molar-refractivity contribution < 1.29 is 4.79 Å². The highest BCUT2D eigenvalue weighted by Crippen LogP contribution is 2.14. The minimum absolute atomic E-state index is 0.0436. The lowest BCUT2D eigenvalue weighted by Crippen LogP contribution is -2.35. The Morgan fingerprint density at radius 1 is 1.09 bits per heavy atom. The SMILES string of the molecule is CN(C)CC(NC(=O)c1ccc(CN)cc1)c1ccccc1. The highest BCUT2D eigenvalue weighted by molar-refractivity contribution is 5.94. The van der Waals surface area contributed by atoms with Gasteiger partial charge in [0.1, 0.15) is 0 Å². The van der Waals surface area contributed by atoms with Gasteiger partial charge in [0.05, 0.1) is 6.04 Å². The van der Waals surface area contributed by atoms with Gasteiger partial charge in [-0.15, -0.1) is 0 Å². The van der Waals surface area contributed by atoms with Gasteiger partial charge in [-0.25, -0.2) is 0 Å². The zero-order valence-electron chi connectivity index (χ0n) is 13.1. The van der Waals surface area contributed by atoms with E-state index in [0.717, 1.165) is 17.7 Å². The predicted molar refractivity (Wildman–Crippen MR) is 89.5 cm³/mol. The van der Waals surface area contributed by atoms with Gasteiger partial charge in [-0.1, -0.05) is 42.5 Å². The lowest BCUT2D eigenvalue weighted by Gasteiger charge is -2.23. The summed E-state index contributed by atoms with van der Waals surface area (Å²) in [5.41, 5.74) is 8.35. The summed E-state index contributed by atoms with van der Waals surface area (Å²) < 4.78 is 0. The molecule has 1 atom stereocenters. The summed E-state index contributed by atoms with van der Waals surface area (Å²) in [7, 11) is 4.00. The number of carbonyl (C=O) groups excluding carboxylic acids is 1. The third-order valence-electron chi connectivity index (χ3n) is 3.51. The van der Waals surface area contributed by atoms with Gasteiger partial charge < -0.3 is 16.0 Å². The number of carbonyl (C=O) groups is 1. The topological polar surface area (TPSA) is 58.4 Å². The van der Waals surface area contributed by atoms with E-state index in [1.165, 1.54) is 0 Å². The van der Waals surface area contributed by atoms with Crippen molar-refractivity contribution in [2.75, 3.05) is 20.6 Å². The molecule has 4 heteroatoms. The lowest BCUT2D eigenvalue weighted by molar-refractivity contribution is 0.0930. The fourth-order valence-corrected chi connectivity index (χ4v) is 2.32. The second kappa shape index (κ2) is 7.73. The molecule has 2 aromatic rings. The number of nitrogens with zero attached hydrogens (tertiary/aromatic N) is 1. The van der Waals surface area contributed by atoms with Crippen molar-refractivity contribution in [3.63, 3.8) is 0 Å². The van der Waals surface area contributed by atoms with Gasteiger partial charge in [0, 0.05) is 18.7 Å². The van der Waals surface area contributed by atoms with E-state index in [-0.39, 0.29) is 11.9 Å². The maximum atomic E-state index is 12.4. The quantitative estimate of drug-likeness (QED) is 0.859. The molecule has 0 spiro atoms. The molecule has 0 radical (unpaired) electrons. The van der Waals surface area contributed by atoms with Gasteiger partial charge in [-0.2, -0.15) is 0 Å². The van der Waals surface area contributed by atoms with Gasteiger partial charge in [0.25, 0.3) is 5.91 Å². The van der Waals surface area contributed by atoms with Crippen LogP contribution >= 0.6 is 0 Å². The van der Waals surface area contributed by atoms with Crippen molar-refractivity contribution in [2.24, 2.45) is 5.73 Å². The molecule has 1 unspecified atom stereocenters. The number of rotatable bonds is 6. The minimum atomic E-state index is -0.0701. The van der Waals surface area contributed by atoms with Crippen LogP contribution in [0.4, 0.5) is 0 Å². The standard InChI is InChI=1S/C18H23N3O/c1-21(2)13-17(15-6-4-3-5-7-15)20-18(22)16-10-8-14(12-19)9-11-16/h3-11,17H,12-13,19H2,1-2H3,(H,20,22). The Balaban J connectivity index is 2.13. The fraction of sp³-hybridized carbons (Fsp3) is 0.278. The van der Waals surface area contributed by atoms with Crippen molar-refractivity contribution in [2.45, 2.75) is 12.6 Å². The van der Waals surface area contributed by atoms with E-state index >= 15 is 0 Å². The summed E-state index contributed by atoms with van der Waals surface area (Å²) >= 11 is 0. The van der Waals surface area contributed by atoms with E-state index in [1.807, 2.05) is 68.7 Å². The lowest BCUT2D eigenvalue weighted by atomic mass is 10.1. The van der Waals surface area contributed by atoms with E-state index in [9.17, 15) is 4.79 Å². The van der Waals surface area contributed by atoms with Crippen LogP contribution in [-0.4, -0.2) is 31.4 Å². The maximum absolute atomic E-state index is 12.4. The Morgan fingerprint density at radius 3 is 2.27 bits per heavy atom. The average molecular weight is 297 g/mol. The smallest absolute Gasteiger partial charge is 0.251 e. The van der Waals surface area contributed by atoms with Crippen molar-refractivity contribution in [1.82, 2.24) is 10.2 Å². The summed E-state index contributed by atoms with van der Waals surface area (Å²) in [6.45, 7) is 1.23. The molecule has 0 bridgehead atoms. The molecule has 4 nitrogen and oxygen atoms in total. The molecule has 0 heterocycles. The minimum Gasteiger partial charge on any atom is -0.344 e. The monoisotopic (exact) mass is 297 g/mol. The van der Waals surface area contributed by atoms with E-state index in [1.54, 1.807) is 0 Å². The van der Waals surface area contributed by atoms with Crippen LogP contribution < -0.4 is 11.1 Å². The van der Waals surface area contributed by atoms with Crippen molar-refractivity contribution in [1.29, 1.82) is 0 Å². The van der Waals surface area contributed by atoms with Gasteiger partial charge in [-0.05, 0) is 37.4 Å². The summed E-state index contributed by atoms with van der Waals surface area (Å²) in [6.07, 6.45) is 0. The first-order valence-electron chi connectivity index (χ1n) is 7.39. The van der Waals surface area contributed by atoms with Crippen LogP contribution in [0.1, 0.15) is 27.5 Å². The maximum Gasteiger partial charge on any atom is 0.251 e. The van der Waals surface area contributed by atoms with Crippen LogP contribution in [0, 0.1) is 0 Å². The fourth-order valence-electron chi connectivity index (χ4n) is 2.32. The normalized spacial score (nSPS) is 12.2. The molecular weight excluding hydrogens is 274 g/mol. The van der Waals surface area contributed by atoms with Gasteiger partial charge >= 0.3 is 0 Å². The van der Waals surface area contributed by atoms with Crippen molar-refractivity contribution in [3.8, 4) is 0 Å². The summed E-state index contributed by atoms with van der Waals surface area (Å²) in [6, 6.07) is 17.4. The third kappa shape index (κ3) is 4.41. The molecule has 0 fully saturated rings. The molecule has 1 amide bonds. The van der Waals surface area contributed by atoms with E-state index in [0.29, 0.717) is 12.1 Å². The number of likely N-dealkylation sites (N-methyl/N-ethyl adjacent to an activating group) is 1. The zero-order chi connectivity index (χ0) is 15.9. The second-order valence-electron chi connectivity index (χ2n) is 5.60. The molecule has 0 saturated carbocycles. The molecule has 2 aromatic carbocycles. The Labute approximate surface area is 131 Å². The molecule has 0 aliphatic heterocycles. The van der Waals surface area contributed by atoms with E-state index in [4.69, 9.17) is 5.73 Å². The second-order valence-corrected chi connectivity index (χ2v) is 5.60.